The Balaban J connectivity index is 1.53. The van der Waals surface area contributed by atoms with E-state index in [-0.39, 0.29) is 0 Å². The van der Waals surface area contributed by atoms with E-state index in [0.29, 0.717) is 6.61 Å². The molecule has 2 heteroatoms. The quantitative estimate of drug-likeness (QED) is 0.423. The maximum atomic E-state index is 5.86. The van der Waals surface area contributed by atoms with Gasteiger partial charge in [0.15, 0.2) is 0 Å². The lowest BCUT2D eigenvalue weighted by atomic mass is 9.78. The third-order valence-corrected chi connectivity index (χ3v) is 5.34. The van der Waals surface area contributed by atoms with Crippen molar-refractivity contribution in [1.82, 2.24) is 0 Å². The van der Waals surface area contributed by atoms with Crippen molar-refractivity contribution in [1.29, 1.82) is 0 Å². The number of ether oxygens (including phenoxy) is 2. The van der Waals surface area contributed by atoms with Gasteiger partial charge in [-0.1, -0.05) is 58.3 Å². The van der Waals surface area contributed by atoms with E-state index in [0.717, 1.165) is 29.9 Å². The van der Waals surface area contributed by atoms with Gasteiger partial charge in [0.2, 0.25) is 0 Å². The van der Waals surface area contributed by atoms with Crippen molar-refractivity contribution in [2.75, 3.05) is 13.2 Å². The minimum atomic E-state index is 0.709. The Morgan fingerprint density at radius 2 is 1.29 bits per heavy atom. The summed E-state index contributed by atoms with van der Waals surface area (Å²) in [5.74, 6) is 3.84. The summed E-state index contributed by atoms with van der Waals surface area (Å²) < 4.78 is 11.3. The first-order valence-corrected chi connectivity index (χ1v) is 10.2. The number of hydrogen-bond donors (Lipinski definition) is 0. The summed E-state index contributed by atoms with van der Waals surface area (Å²) in [6.07, 6.45) is 14.0. The number of rotatable bonds is 11. The Hall–Kier alpha value is -1.18. The Kier molecular flexibility index (Phi) is 9.09. The van der Waals surface area contributed by atoms with E-state index >= 15 is 0 Å². The zero-order valence-corrected chi connectivity index (χ0v) is 15.8. The van der Waals surface area contributed by atoms with E-state index < -0.39 is 0 Å². The molecule has 1 aromatic rings. The molecule has 2 nitrogen and oxygen atoms in total. The van der Waals surface area contributed by atoms with E-state index in [1.54, 1.807) is 0 Å². The molecule has 0 atom stereocenters. The fourth-order valence-electron chi connectivity index (χ4n) is 3.85. The molecule has 1 fully saturated rings. The molecule has 0 aliphatic heterocycles. The second-order valence-corrected chi connectivity index (χ2v) is 7.28. The van der Waals surface area contributed by atoms with Crippen LogP contribution in [0.4, 0.5) is 0 Å². The lowest BCUT2D eigenvalue weighted by molar-refractivity contribution is 0.228. The van der Waals surface area contributed by atoms with Crippen molar-refractivity contribution in [3.63, 3.8) is 0 Å². The molecule has 0 heterocycles. The van der Waals surface area contributed by atoms with Gasteiger partial charge in [0.05, 0.1) is 13.2 Å². The van der Waals surface area contributed by atoms with Crippen molar-refractivity contribution in [2.24, 2.45) is 11.8 Å². The summed E-state index contributed by atoms with van der Waals surface area (Å²) in [6.45, 7) is 5.85. The molecule has 0 saturated heterocycles. The van der Waals surface area contributed by atoms with Crippen molar-refractivity contribution in [3.8, 4) is 11.5 Å². The Bertz CT molecular complexity index is 418. The third-order valence-electron chi connectivity index (χ3n) is 5.34. The average Bonchev–Trinajstić information content (AvgIpc) is 2.62. The first-order valence-electron chi connectivity index (χ1n) is 10.2. The summed E-state index contributed by atoms with van der Waals surface area (Å²) in [5.41, 5.74) is 0. The van der Waals surface area contributed by atoms with Gasteiger partial charge < -0.3 is 9.47 Å². The minimum absolute atomic E-state index is 0.709. The highest BCUT2D eigenvalue weighted by Gasteiger charge is 2.20. The molecule has 2 rings (SSSR count). The molecule has 0 spiro atoms. The summed E-state index contributed by atoms with van der Waals surface area (Å²) in [7, 11) is 0. The molecule has 0 bridgehead atoms. The number of hydrogen-bond acceptors (Lipinski definition) is 2. The van der Waals surface area contributed by atoms with Crippen LogP contribution in [0.2, 0.25) is 0 Å². The second kappa shape index (κ2) is 11.4. The highest BCUT2D eigenvalue weighted by molar-refractivity contribution is 5.31. The standard InChI is InChI=1S/C22H36O2/c1-3-5-6-8-19-10-12-20(13-11-19)9-7-18-24-22-16-14-21(15-17-22)23-4-2/h14-17,19-20H,3-13,18H2,1-2H3/t19-,20-. The van der Waals surface area contributed by atoms with Crippen LogP contribution in [-0.2, 0) is 0 Å². The molecule has 136 valence electrons. The first kappa shape index (κ1) is 19.1. The number of unbranched alkanes of at least 4 members (excludes halogenated alkanes) is 2. The van der Waals surface area contributed by atoms with Crippen molar-refractivity contribution in [3.05, 3.63) is 24.3 Å². The van der Waals surface area contributed by atoms with Crippen LogP contribution < -0.4 is 9.47 Å². The summed E-state index contributed by atoms with van der Waals surface area (Å²) in [4.78, 5) is 0. The molecule has 1 aliphatic rings. The van der Waals surface area contributed by atoms with Crippen LogP contribution in [0, 0.1) is 11.8 Å². The van der Waals surface area contributed by atoms with Crippen LogP contribution in [0.15, 0.2) is 24.3 Å². The van der Waals surface area contributed by atoms with E-state index in [2.05, 4.69) is 6.92 Å². The predicted octanol–water partition coefficient (Wildman–Crippen LogP) is 6.63. The molecule has 1 aliphatic carbocycles. The second-order valence-electron chi connectivity index (χ2n) is 7.28. The monoisotopic (exact) mass is 332 g/mol. The molecule has 0 aromatic heterocycles. The minimum Gasteiger partial charge on any atom is -0.494 e. The molecule has 0 radical (unpaired) electrons. The molecule has 1 aromatic carbocycles. The fraction of sp³-hybridized carbons (Fsp3) is 0.727. The first-order chi connectivity index (χ1) is 11.8. The highest BCUT2D eigenvalue weighted by Crippen LogP contribution is 2.34. The van der Waals surface area contributed by atoms with Crippen LogP contribution in [0.5, 0.6) is 11.5 Å². The van der Waals surface area contributed by atoms with Gasteiger partial charge >= 0.3 is 0 Å². The van der Waals surface area contributed by atoms with Crippen LogP contribution in [0.25, 0.3) is 0 Å². The largest absolute Gasteiger partial charge is 0.494 e. The zero-order chi connectivity index (χ0) is 17.0. The predicted molar refractivity (Wildman–Crippen MR) is 102 cm³/mol. The van der Waals surface area contributed by atoms with Gasteiger partial charge in [-0.05, 0) is 55.9 Å². The third kappa shape index (κ3) is 7.15. The van der Waals surface area contributed by atoms with E-state index in [1.807, 2.05) is 31.2 Å². The van der Waals surface area contributed by atoms with Gasteiger partial charge in [0, 0.05) is 0 Å². The number of benzene rings is 1. The molecule has 1 saturated carbocycles. The van der Waals surface area contributed by atoms with Gasteiger partial charge in [-0.15, -0.1) is 0 Å². The molecule has 0 N–H and O–H groups in total. The molecular weight excluding hydrogens is 296 g/mol. The van der Waals surface area contributed by atoms with Gasteiger partial charge in [0.25, 0.3) is 0 Å². The van der Waals surface area contributed by atoms with Crippen LogP contribution in [0.1, 0.15) is 78.1 Å². The Labute approximate surface area is 148 Å². The highest BCUT2D eigenvalue weighted by atomic mass is 16.5. The maximum absolute atomic E-state index is 5.86. The van der Waals surface area contributed by atoms with Crippen molar-refractivity contribution < 1.29 is 9.47 Å². The summed E-state index contributed by atoms with van der Waals surface area (Å²) in [5, 5.41) is 0. The van der Waals surface area contributed by atoms with E-state index in [4.69, 9.17) is 9.47 Å². The molecular formula is C22H36O2. The normalized spacial score (nSPS) is 20.8. The Morgan fingerprint density at radius 1 is 0.750 bits per heavy atom. The van der Waals surface area contributed by atoms with Gasteiger partial charge in [-0.25, -0.2) is 0 Å². The van der Waals surface area contributed by atoms with E-state index in [9.17, 15) is 0 Å². The Morgan fingerprint density at radius 3 is 1.83 bits per heavy atom. The molecule has 24 heavy (non-hydrogen) atoms. The van der Waals surface area contributed by atoms with Crippen LogP contribution >= 0.6 is 0 Å². The van der Waals surface area contributed by atoms with Crippen molar-refractivity contribution in [2.45, 2.75) is 78.1 Å². The topological polar surface area (TPSA) is 18.5 Å². The average molecular weight is 333 g/mol. The smallest absolute Gasteiger partial charge is 0.119 e. The lowest BCUT2D eigenvalue weighted by Gasteiger charge is -2.28. The van der Waals surface area contributed by atoms with Crippen molar-refractivity contribution >= 4 is 0 Å². The van der Waals surface area contributed by atoms with Gasteiger partial charge in [0.1, 0.15) is 11.5 Å². The SMILES string of the molecule is CCCCC[C@H]1CC[C@H](CCCOc2ccc(OCC)cc2)CC1. The molecule has 0 amide bonds. The summed E-state index contributed by atoms with van der Waals surface area (Å²) in [6, 6.07) is 7.98. The lowest BCUT2D eigenvalue weighted by Crippen LogP contribution is -2.15. The fourth-order valence-corrected chi connectivity index (χ4v) is 3.85. The zero-order valence-electron chi connectivity index (χ0n) is 15.8. The van der Waals surface area contributed by atoms with E-state index in [1.165, 1.54) is 64.2 Å². The summed E-state index contributed by atoms with van der Waals surface area (Å²) >= 11 is 0. The molecule has 0 unspecified atom stereocenters. The maximum Gasteiger partial charge on any atom is 0.119 e. The van der Waals surface area contributed by atoms with Gasteiger partial charge in [-0.2, -0.15) is 0 Å². The van der Waals surface area contributed by atoms with Gasteiger partial charge in [-0.3, -0.25) is 0 Å². The van der Waals surface area contributed by atoms with Crippen LogP contribution in [-0.4, -0.2) is 13.2 Å². The van der Waals surface area contributed by atoms with Crippen LogP contribution in [0.3, 0.4) is 0 Å².